The zero-order chi connectivity index (χ0) is 12.7. The van der Waals surface area contributed by atoms with Crippen LogP contribution in [0, 0.1) is 0 Å². The molecule has 2 aromatic carbocycles. The second-order valence-corrected chi connectivity index (χ2v) is 6.80. The minimum Gasteiger partial charge on any atom is -0.508 e. The standard InChI is InChI=1S/C15H14OS2/c1-9(2)11-7-10(16)8-14-15(11)18-13-6-4-3-5-12(13)17-14/h3-9,16H,1-2H3. The van der Waals surface area contributed by atoms with Gasteiger partial charge in [-0.1, -0.05) is 49.5 Å². The Hall–Kier alpha value is -1.06. The van der Waals surface area contributed by atoms with Crippen LogP contribution in [0.5, 0.6) is 5.75 Å². The summed E-state index contributed by atoms with van der Waals surface area (Å²) in [5.41, 5.74) is 1.23. The van der Waals surface area contributed by atoms with Crippen LogP contribution in [0.2, 0.25) is 0 Å². The van der Waals surface area contributed by atoms with Crippen molar-refractivity contribution >= 4 is 23.5 Å². The second kappa shape index (κ2) is 4.56. The van der Waals surface area contributed by atoms with E-state index in [0.717, 1.165) is 0 Å². The number of phenolic OH excluding ortho intramolecular Hbond substituents is 1. The van der Waals surface area contributed by atoms with E-state index in [1.54, 1.807) is 11.8 Å². The molecule has 3 heteroatoms. The van der Waals surface area contributed by atoms with Crippen LogP contribution in [0.15, 0.2) is 56.0 Å². The lowest BCUT2D eigenvalue weighted by atomic mass is 10.0. The molecular weight excluding hydrogens is 260 g/mol. The van der Waals surface area contributed by atoms with Crippen molar-refractivity contribution < 1.29 is 5.11 Å². The molecular formula is C15H14OS2. The van der Waals surface area contributed by atoms with E-state index in [9.17, 15) is 5.11 Å². The van der Waals surface area contributed by atoms with Gasteiger partial charge in [0.25, 0.3) is 0 Å². The van der Waals surface area contributed by atoms with Crippen molar-refractivity contribution in [1.29, 1.82) is 0 Å². The topological polar surface area (TPSA) is 20.2 Å². The fraction of sp³-hybridized carbons (Fsp3) is 0.200. The highest BCUT2D eigenvalue weighted by atomic mass is 32.2. The zero-order valence-corrected chi connectivity index (χ0v) is 11.9. The maximum atomic E-state index is 9.84. The Morgan fingerprint density at radius 3 is 2.28 bits per heavy atom. The quantitative estimate of drug-likeness (QED) is 0.664. The Labute approximate surface area is 116 Å². The molecule has 18 heavy (non-hydrogen) atoms. The molecule has 1 aliphatic rings. The first-order valence-electron chi connectivity index (χ1n) is 5.97. The molecule has 0 radical (unpaired) electrons. The van der Waals surface area contributed by atoms with Crippen molar-refractivity contribution in [3.8, 4) is 5.75 Å². The van der Waals surface area contributed by atoms with Crippen molar-refractivity contribution in [1.82, 2.24) is 0 Å². The van der Waals surface area contributed by atoms with E-state index >= 15 is 0 Å². The van der Waals surface area contributed by atoms with Gasteiger partial charge in [-0.15, -0.1) is 0 Å². The van der Waals surface area contributed by atoms with Crippen LogP contribution >= 0.6 is 23.5 Å². The largest absolute Gasteiger partial charge is 0.508 e. The van der Waals surface area contributed by atoms with Crippen molar-refractivity contribution in [3.63, 3.8) is 0 Å². The fourth-order valence-electron chi connectivity index (χ4n) is 2.07. The smallest absolute Gasteiger partial charge is 0.117 e. The summed E-state index contributed by atoms with van der Waals surface area (Å²) in [4.78, 5) is 5.05. The van der Waals surface area contributed by atoms with E-state index in [-0.39, 0.29) is 0 Å². The average molecular weight is 274 g/mol. The highest BCUT2D eigenvalue weighted by Gasteiger charge is 2.21. The van der Waals surface area contributed by atoms with Crippen LogP contribution in [0.25, 0.3) is 0 Å². The molecule has 92 valence electrons. The molecule has 1 N–H and O–H groups in total. The first-order chi connectivity index (χ1) is 8.65. The number of rotatable bonds is 1. The number of aromatic hydroxyl groups is 1. The van der Waals surface area contributed by atoms with Crippen LogP contribution in [-0.2, 0) is 0 Å². The SMILES string of the molecule is CC(C)c1cc(O)cc2c1Sc1ccccc1S2. The van der Waals surface area contributed by atoms with Gasteiger partial charge in [-0.05, 0) is 35.7 Å². The molecule has 0 bridgehead atoms. The molecule has 1 aliphatic heterocycles. The molecule has 0 atom stereocenters. The summed E-state index contributed by atoms with van der Waals surface area (Å²) in [6.45, 7) is 4.33. The highest BCUT2D eigenvalue weighted by Crippen LogP contribution is 2.51. The summed E-state index contributed by atoms with van der Waals surface area (Å²) in [6, 6.07) is 12.2. The van der Waals surface area contributed by atoms with Gasteiger partial charge in [0.2, 0.25) is 0 Å². The van der Waals surface area contributed by atoms with Crippen LogP contribution in [-0.4, -0.2) is 5.11 Å². The lowest BCUT2D eigenvalue weighted by Crippen LogP contribution is -1.97. The van der Waals surface area contributed by atoms with Gasteiger partial charge < -0.3 is 5.11 Å². The molecule has 1 nitrogen and oxygen atoms in total. The predicted molar refractivity (Wildman–Crippen MR) is 76.9 cm³/mol. The van der Waals surface area contributed by atoms with Gasteiger partial charge in [0.15, 0.2) is 0 Å². The van der Waals surface area contributed by atoms with Gasteiger partial charge in [0.1, 0.15) is 5.75 Å². The number of hydrogen-bond donors (Lipinski definition) is 1. The monoisotopic (exact) mass is 274 g/mol. The van der Waals surface area contributed by atoms with Crippen LogP contribution < -0.4 is 0 Å². The number of benzene rings is 2. The molecule has 0 spiro atoms. The van der Waals surface area contributed by atoms with Crippen molar-refractivity contribution in [2.24, 2.45) is 0 Å². The van der Waals surface area contributed by atoms with Crippen LogP contribution in [0.4, 0.5) is 0 Å². The summed E-state index contributed by atoms with van der Waals surface area (Å²) in [6.07, 6.45) is 0. The number of hydrogen-bond acceptors (Lipinski definition) is 3. The van der Waals surface area contributed by atoms with Crippen LogP contribution in [0.1, 0.15) is 25.3 Å². The first-order valence-corrected chi connectivity index (χ1v) is 7.60. The van der Waals surface area contributed by atoms with Gasteiger partial charge in [-0.25, -0.2) is 0 Å². The predicted octanol–water partition coefficient (Wildman–Crippen LogP) is 5.13. The lowest BCUT2D eigenvalue weighted by molar-refractivity contribution is 0.471. The molecule has 0 saturated heterocycles. The Kier molecular flexibility index (Phi) is 3.04. The Morgan fingerprint density at radius 2 is 1.61 bits per heavy atom. The van der Waals surface area contributed by atoms with Gasteiger partial charge in [-0.3, -0.25) is 0 Å². The van der Waals surface area contributed by atoms with E-state index in [1.165, 1.54) is 25.1 Å². The van der Waals surface area contributed by atoms with E-state index in [0.29, 0.717) is 11.7 Å². The summed E-state index contributed by atoms with van der Waals surface area (Å²) in [5, 5.41) is 9.84. The fourth-order valence-corrected chi connectivity index (χ4v) is 4.62. The van der Waals surface area contributed by atoms with Crippen LogP contribution in [0.3, 0.4) is 0 Å². The minimum absolute atomic E-state index is 0.366. The molecule has 2 aromatic rings. The normalized spacial score (nSPS) is 13.3. The molecule has 0 fully saturated rings. The summed E-state index contributed by atoms with van der Waals surface area (Å²) >= 11 is 3.56. The second-order valence-electron chi connectivity index (χ2n) is 4.67. The van der Waals surface area contributed by atoms with Crippen molar-refractivity contribution in [3.05, 3.63) is 42.0 Å². The Morgan fingerprint density at radius 1 is 0.944 bits per heavy atom. The third-order valence-corrected chi connectivity index (χ3v) is 5.58. The van der Waals surface area contributed by atoms with E-state index in [4.69, 9.17) is 0 Å². The summed E-state index contributed by atoms with van der Waals surface area (Å²) in [7, 11) is 0. The van der Waals surface area contributed by atoms with Gasteiger partial charge in [0, 0.05) is 19.6 Å². The van der Waals surface area contributed by atoms with E-state index in [1.807, 2.05) is 23.9 Å². The molecule has 0 aliphatic carbocycles. The molecule has 1 heterocycles. The number of phenols is 1. The summed E-state index contributed by atoms with van der Waals surface area (Å²) in [5.74, 6) is 0.786. The lowest BCUT2D eigenvalue weighted by Gasteiger charge is -2.22. The van der Waals surface area contributed by atoms with Gasteiger partial charge in [0.05, 0.1) is 0 Å². The first kappa shape index (κ1) is 12.0. The van der Waals surface area contributed by atoms with E-state index < -0.39 is 0 Å². The van der Waals surface area contributed by atoms with E-state index in [2.05, 4.69) is 38.1 Å². The minimum atomic E-state index is 0.366. The zero-order valence-electron chi connectivity index (χ0n) is 10.3. The summed E-state index contributed by atoms with van der Waals surface area (Å²) < 4.78 is 0. The maximum Gasteiger partial charge on any atom is 0.117 e. The Balaban J connectivity index is 2.15. The molecule has 0 unspecified atom stereocenters. The van der Waals surface area contributed by atoms with Gasteiger partial charge >= 0.3 is 0 Å². The third kappa shape index (κ3) is 2.02. The Bertz CT molecular complexity index is 605. The highest BCUT2D eigenvalue weighted by molar-refractivity contribution is 8.05. The van der Waals surface area contributed by atoms with Gasteiger partial charge in [-0.2, -0.15) is 0 Å². The maximum absolute atomic E-state index is 9.84. The molecule has 0 amide bonds. The van der Waals surface area contributed by atoms with Crippen molar-refractivity contribution in [2.45, 2.75) is 39.3 Å². The average Bonchev–Trinajstić information content (AvgIpc) is 2.35. The third-order valence-electron chi connectivity index (χ3n) is 2.97. The molecule has 0 saturated carbocycles. The van der Waals surface area contributed by atoms with Crippen molar-refractivity contribution in [2.75, 3.05) is 0 Å². The molecule has 0 aromatic heterocycles. The molecule has 3 rings (SSSR count). The number of fused-ring (bicyclic) bond motifs is 2.